The molecule has 0 bridgehead atoms. The summed E-state index contributed by atoms with van der Waals surface area (Å²) in [6.45, 7) is 1.38. The monoisotopic (exact) mass is 569 g/mol. The largest absolute Gasteiger partial charge is 0.494 e. The fraction of sp³-hybridized carbons (Fsp3) is 0.258. The van der Waals surface area contributed by atoms with Gasteiger partial charge in [0.2, 0.25) is 5.96 Å². The standard InChI is InChI=1S/C31H35N7O4/c1-36(2)22-24-13-9-14-25(19-24)42-18-10-17-32-31(37(3)33-20-23-11-5-4-6-12-23)35-28(39)21-34-38-29(40)26-15-7-8-16-27(26)30(38)41/h4-9,11-16,19-20,34H,10,17-18,21-22H2,1-3H3,(H,32,35,39). The molecule has 0 fully saturated rings. The summed E-state index contributed by atoms with van der Waals surface area (Å²) < 4.78 is 5.91. The molecule has 11 nitrogen and oxygen atoms in total. The van der Waals surface area contributed by atoms with Crippen molar-refractivity contribution in [2.24, 2.45) is 10.1 Å². The van der Waals surface area contributed by atoms with Gasteiger partial charge in [-0.1, -0.05) is 54.6 Å². The Morgan fingerprint density at radius 1 is 0.929 bits per heavy atom. The highest BCUT2D eigenvalue weighted by molar-refractivity contribution is 6.21. The van der Waals surface area contributed by atoms with Crippen LogP contribution in [0.15, 0.2) is 89.0 Å². The van der Waals surface area contributed by atoms with E-state index < -0.39 is 17.7 Å². The zero-order valence-electron chi connectivity index (χ0n) is 24.0. The lowest BCUT2D eigenvalue weighted by molar-refractivity contribution is -0.117. The Kier molecular flexibility index (Phi) is 10.5. The van der Waals surface area contributed by atoms with Gasteiger partial charge in [-0.2, -0.15) is 10.1 Å². The SMILES string of the molecule is CN(C)Cc1cccc(OCCCNC(=NC(=O)CNN2C(=O)c3ccccc3C2=O)N(C)N=Cc2ccccc2)c1. The summed E-state index contributed by atoms with van der Waals surface area (Å²) in [4.78, 5) is 44.2. The van der Waals surface area contributed by atoms with Crippen LogP contribution >= 0.6 is 0 Å². The van der Waals surface area contributed by atoms with E-state index in [1.807, 2.05) is 62.6 Å². The molecule has 0 aromatic heterocycles. The number of amides is 3. The maximum absolute atomic E-state index is 12.8. The van der Waals surface area contributed by atoms with Crippen LogP contribution in [0.25, 0.3) is 0 Å². The Labute approximate surface area is 245 Å². The van der Waals surface area contributed by atoms with E-state index in [0.29, 0.717) is 19.6 Å². The predicted octanol–water partition coefficient (Wildman–Crippen LogP) is 2.76. The second-order valence-electron chi connectivity index (χ2n) is 9.85. The van der Waals surface area contributed by atoms with Crippen molar-refractivity contribution in [1.82, 2.24) is 25.7 Å². The molecule has 1 aliphatic rings. The van der Waals surface area contributed by atoms with Crippen LogP contribution in [0.1, 0.15) is 38.3 Å². The average Bonchev–Trinajstić information content (AvgIpc) is 3.23. The van der Waals surface area contributed by atoms with Crippen molar-refractivity contribution < 1.29 is 19.1 Å². The van der Waals surface area contributed by atoms with Gasteiger partial charge in [0, 0.05) is 20.1 Å². The Bertz CT molecular complexity index is 1420. The number of imide groups is 1. The molecule has 0 aliphatic carbocycles. The minimum Gasteiger partial charge on any atom is -0.494 e. The summed E-state index contributed by atoms with van der Waals surface area (Å²) in [6, 6.07) is 24.0. The molecule has 4 rings (SSSR count). The Morgan fingerprint density at radius 2 is 1.62 bits per heavy atom. The fourth-order valence-electron chi connectivity index (χ4n) is 4.17. The van der Waals surface area contributed by atoms with Gasteiger partial charge >= 0.3 is 0 Å². The molecule has 42 heavy (non-hydrogen) atoms. The number of hydrogen-bond donors (Lipinski definition) is 2. The molecular formula is C31H35N7O4. The molecule has 1 heterocycles. The van der Waals surface area contributed by atoms with Crippen molar-refractivity contribution in [3.63, 3.8) is 0 Å². The fourth-order valence-corrected chi connectivity index (χ4v) is 4.17. The van der Waals surface area contributed by atoms with Crippen molar-refractivity contribution >= 4 is 29.9 Å². The minimum atomic E-state index is -0.593. The van der Waals surface area contributed by atoms with Gasteiger partial charge in [0.05, 0.1) is 30.5 Å². The molecule has 0 atom stereocenters. The first-order chi connectivity index (χ1) is 20.3. The van der Waals surface area contributed by atoms with Gasteiger partial charge in [-0.25, -0.2) is 15.4 Å². The van der Waals surface area contributed by atoms with Crippen LogP contribution in [0.5, 0.6) is 5.75 Å². The number of hydrazine groups is 1. The predicted molar refractivity (Wildman–Crippen MR) is 161 cm³/mol. The van der Waals surface area contributed by atoms with E-state index in [4.69, 9.17) is 4.74 Å². The normalized spacial score (nSPS) is 13.1. The maximum Gasteiger partial charge on any atom is 0.276 e. The number of aliphatic imine (C=N–C) groups is 1. The summed E-state index contributed by atoms with van der Waals surface area (Å²) in [6.07, 6.45) is 2.29. The third kappa shape index (κ3) is 8.32. The molecule has 1 aliphatic heterocycles. The van der Waals surface area contributed by atoms with E-state index in [1.165, 1.54) is 5.01 Å². The van der Waals surface area contributed by atoms with E-state index in [1.54, 1.807) is 37.5 Å². The molecule has 2 N–H and O–H groups in total. The highest BCUT2D eigenvalue weighted by Crippen LogP contribution is 2.20. The number of carbonyl (C=O) groups excluding carboxylic acids is 3. The van der Waals surface area contributed by atoms with E-state index >= 15 is 0 Å². The molecule has 0 saturated carbocycles. The van der Waals surface area contributed by atoms with Crippen LogP contribution in [0.4, 0.5) is 0 Å². The molecule has 0 spiro atoms. The first-order valence-electron chi connectivity index (χ1n) is 13.6. The highest BCUT2D eigenvalue weighted by Gasteiger charge is 2.35. The van der Waals surface area contributed by atoms with Gasteiger partial charge in [-0.05, 0) is 55.9 Å². The van der Waals surface area contributed by atoms with Gasteiger partial charge in [-0.15, -0.1) is 0 Å². The summed E-state index contributed by atoms with van der Waals surface area (Å²) in [5.74, 6) is -0.610. The number of guanidine groups is 1. The zero-order chi connectivity index (χ0) is 29.9. The minimum absolute atomic E-state index is 0.212. The van der Waals surface area contributed by atoms with Crippen LogP contribution in [0, 0.1) is 0 Å². The second kappa shape index (κ2) is 14.7. The average molecular weight is 570 g/mol. The summed E-state index contributed by atoms with van der Waals surface area (Å²) in [7, 11) is 5.71. The topological polar surface area (TPSA) is 119 Å². The third-order valence-corrected chi connectivity index (χ3v) is 6.17. The number of fused-ring (bicyclic) bond motifs is 1. The lowest BCUT2D eigenvalue weighted by atomic mass is 10.1. The Morgan fingerprint density at radius 3 is 2.31 bits per heavy atom. The number of benzene rings is 3. The van der Waals surface area contributed by atoms with Gasteiger partial charge in [0.25, 0.3) is 17.7 Å². The third-order valence-electron chi connectivity index (χ3n) is 6.17. The van der Waals surface area contributed by atoms with Crippen molar-refractivity contribution in [3.05, 3.63) is 101 Å². The van der Waals surface area contributed by atoms with Gasteiger partial charge in [0.15, 0.2) is 0 Å². The van der Waals surface area contributed by atoms with Crippen LogP contribution in [0.2, 0.25) is 0 Å². The molecule has 3 aromatic carbocycles. The number of nitrogens with zero attached hydrogens (tertiary/aromatic N) is 5. The molecule has 3 amide bonds. The lowest BCUT2D eigenvalue weighted by Crippen LogP contribution is -2.45. The number of ether oxygens (including phenoxy) is 1. The Hall–Kier alpha value is -4.87. The maximum atomic E-state index is 12.8. The molecule has 218 valence electrons. The van der Waals surface area contributed by atoms with Crippen LogP contribution in [-0.2, 0) is 11.3 Å². The van der Waals surface area contributed by atoms with Gasteiger partial charge < -0.3 is 15.0 Å². The van der Waals surface area contributed by atoms with E-state index in [0.717, 1.165) is 28.4 Å². The van der Waals surface area contributed by atoms with Crippen molar-refractivity contribution in [1.29, 1.82) is 0 Å². The van der Waals surface area contributed by atoms with Gasteiger partial charge in [-0.3, -0.25) is 14.4 Å². The van der Waals surface area contributed by atoms with Crippen LogP contribution in [-0.4, -0.2) is 85.7 Å². The summed E-state index contributed by atoms with van der Waals surface area (Å²) in [5, 5.41) is 9.85. The molecule has 3 aromatic rings. The number of carbonyl (C=O) groups is 3. The first kappa shape index (κ1) is 30.1. The summed E-state index contributed by atoms with van der Waals surface area (Å²) in [5.41, 5.74) is 5.23. The molecule has 0 saturated heterocycles. The van der Waals surface area contributed by atoms with Gasteiger partial charge in [0.1, 0.15) is 5.75 Å². The van der Waals surface area contributed by atoms with E-state index in [2.05, 4.69) is 31.8 Å². The molecule has 0 unspecified atom stereocenters. The highest BCUT2D eigenvalue weighted by atomic mass is 16.5. The summed E-state index contributed by atoms with van der Waals surface area (Å²) >= 11 is 0. The van der Waals surface area contributed by atoms with Crippen molar-refractivity contribution in [2.75, 3.05) is 40.8 Å². The second-order valence-corrected chi connectivity index (χ2v) is 9.85. The first-order valence-corrected chi connectivity index (χ1v) is 13.6. The van der Waals surface area contributed by atoms with E-state index in [-0.39, 0.29) is 23.6 Å². The number of rotatable bonds is 12. The number of hydrogen-bond acceptors (Lipinski definition) is 7. The molecule has 0 radical (unpaired) electrons. The Balaban J connectivity index is 1.35. The lowest BCUT2D eigenvalue weighted by Gasteiger charge is -2.18. The van der Waals surface area contributed by atoms with E-state index in [9.17, 15) is 14.4 Å². The van der Waals surface area contributed by atoms with Crippen LogP contribution < -0.4 is 15.5 Å². The van der Waals surface area contributed by atoms with Crippen molar-refractivity contribution in [2.45, 2.75) is 13.0 Å². The number of hydrazone groups is 1. The van der Waals surface area contributed by atoms with Crippen molar-refractivity contribution in [3.8, 4) is 5.75 Å². The quantitative estimate of drug-likeness (QED) is 0.112. The molecule has 11 heteroatoms. The van der Waals surface area contributed by atoms with Crippen LogP contribution in [0.3, 0.4) is 0 Å². The zero-order valence-corrected chi connectivity index (χ0v) is 24.0. The number of nitrogens with one attached hydrogen (secondary N) is 2. The smallest absolute Gasteiger partial charge is 0.276 e. The molecular weight excluding hydrogens is 534 g/mol.